The average molecular weight is 411 g/mol. The Balaban J connectivity index is 1.84. The topological polar surface area (TPSA) is 83.1 Å². The molecule has 1 amide bonds. The molecule has 2 aliphatic rings. The van der Waals surface area contributed by atoms with Crippen LogP contribution in [0.2, 0.25) is 0 Å². The molecular formula is C23H25NO6. The van der Waals surface area contributed by atoms with E-state index in [1.807, 2.05) is 32.0 Å². The lowest BCUT2D eigenvalue weighted by Gasteiger charge is -2.23. The predicted molar refractivity (Wildman–Crippen MR) is 110 cm³/mol. The zero-order valence-corrected chi connectivity index (χ0v) is 17.5. The first kappa shape index (κ1) is 20.1. The van der Waals surface area contributed by atoms with E-state index in [0.29, 0.717) is 42.2 Å². The number of esters is 1. The minimum Gasteiger partial charge on any atom is -0.493 e. The number of benzene rings is 2. The third-order valence-electron chi connectivity index (χ3n) is 5.35. The van der Waals surface area contributed by atoms with E-state index in [2.05, 4.69) is 5.32 Å². The van der Waals surface area contributed by atoms with E-state index in [1.54, 1.807) is 19.2 Å². The second kappa shape index (κ2) is 7.55. The van der Waals surface area contributed by atoms with Crippen LogP contribution in [0.4, 0.5) is 0 Å². The number of rotatable bonds is 7. The van der Waals surface area contributed by atoms with Crippen molar-refractivity contribution in [1.29, 1.82) is 0 Å². The molecule has 7 heteroatoms. The summed E-state index contributed by atoms with van der Waals surface area (Å²) in [4.78, 5) is 24.8. The number of carbonyl (C=O) groups is 2. The van der Waals surface area contributed by atoms with Gasteiger partial charge in [-0.3, -0.25) is 4.79 Å². The SMILES string of the molecule is COc1ccc(-c2cccc3c2CNC3=O)c(OC2(C(=O)OC(C)C)CC2)c1OC. The largest absolute Gasteiger partial charge is 0.493 e. The van der Waals surface area contributed by atoms with Crippen LogP contribution in [0.5, 0.6) is 17.2 Å². The first-order chi connectivity index (χ1) is 14.4. The predicted octanol–water partition coefficient (Wildman–Crippen LogP) is 3.48. The zero-order chi connectivity index (χ0) is 21.5. The maximum atomic E-state index is 12.7. The Morgan fingerprint density at radius 2 is 1.73 bits per heavy atom. The van der Waals surface area contributed by atoms with Gasteiger partial charge in [0.15, 0.2) is 11.5 Å². The van der Waals surface area contributed by atoms with Gasteiger partial charge in [0.2, 0.25) is 11.4 Å². The standard InChI is InChI=1S/C23H25NO6/c1-13(2)29-22(26)23(10-11-23)30-19-15(8-9-18(27-3)20(19)28-4)14-6-5-7-16-17(14)12-24-21(16)25/h5-9,13H,10-12H2,1-4H3,(H,24,25). The van der Waals surface area contributed by atoms with Crippen LogP contribution in [-0.4, -0.2) is 37.8 Å². The first-order valence-corrected chi connectivity index (χ1v) is 9.95. The summed E-state index contributed by atoms with van der Waals surface area (Å²) in [5, 5.41) is 2.86. The van der Waals surface area contributed by atoms with Gasteiger partial charge in [-0.25, -0.2) is 4.79 Å². The van der Waals surface area contributed by atoms with E-state index >= 15 is 0 Å². The summed E-state index contributed by atoms with van der Waals surface area (Å²) in [6, 6.07) is 9.21. The third-order valence-corrected chi connectivity index (χ3v) is 5.35. The number of amides is 1. The lowest BCUT2D eigenvalue weighted by atomic mass is 9.95. The molecule has 0 aromatic heterocycles. The van der Waals surface area contributed by atoms with E-state index in [9.17, 15) is 9.59 Å². The molecule has 0 unspecified atom stereocenters. The van der Waals surface area contributed by atoms with Gasteiger partial charge in [-0.05, 0) is 43.2 Å². The van der Waals surface area contributed by atoms with Crippen molar-refractivity contribution in [2.75, 3.05) is 14.2 Å². The minimum absolute atomic E-state index is 0.103. The molecule has 30 heavy (non-hydrogen) atoms. The minimum atomic E-state index is -1.04. The molecule has 0 bridgehead atoms. The Labute approximate surface area is 175 Å². The zero-order valence-electron chi connectivity index (χ0n) is 17.5. The second-order valence-electron chi connectivity index (χ2n) is 7.74. The van der Waals surface area contributed by atoms with E-state index in [1.165, 1.54) is 7.11 Å². The van der Waals surface area contributed by atoms with Gasteiger partial charge in [-0.2, -0.15) is 0 Å². The lowest BCUT2D eigenvalue weighted by molar-refractivity contribution is -0.158. The Morgan fingerprint density at radius 3 is 2.37 bits per heavy atom. The van der Waals surface area contributed by atoms with Gasteiger partial charge in [0.05, 0.1) is 20.3 Å². The number of nitrogens with one attached hydrogen (secondary N) is 1. The fourth-order valence-electron chi connectivity index (χ4n) is 3.70. The van der Waals surface area contributed by atoms with Crippen LogP contribution in [0.15, 0.2) is 30.3 Å². The van der Waals surface area contributed by atoms with Gasteiger partial charge in [-0.1, -0.05) is 12.1 Å². The average Bonchev–Trinajstić information content (AvgIpc) is 3.42. The highest BCUT2D eigenvalue weighted by Gasteiger charge is 2.55. The maximum Gasteiger partial charge on any atom is 0.350 e. The van der Waals surface area contributed by atoms with Gasteiger partial charge in [0.1, 0.15) is 0 Å². The van der Waals surface area contributed by atoms with Gasteiger partial charge >= 0.3 is 5.97 Å². The molecule has 158 valence electrons. The molecule has 1 N–H and O–H groups in total. The molecule has 0 spiro atoms. The van der Waals surface area contributed by atoms with Gasteiger partial charge < -0.3 is 24.3 Å². The summed E-state index contributed by atoms with van der Waals surface area (Å²) in [6.07, 6.45) is 0.885. The molecule has 1 heterocycles. The summed E-state index contributed by atoms with van der Waals surface area (Å²) >= 11 is 0. The summed E-state index contributed by atoms with van der Waals surface area (Å²) in [5.74, 6) is 0.805. The molecule has 1 saturated carbocycles. The van der Waals surface area contributed by atoms with E-state index in [4.69, 9.17) is 18.9 Å². The van der Waals surface area contributed by atoms with Crippen LogP contribution in [0.3, 0.4) is 0 Å². The fourth-order valence-corrected chi connectivity index (χ4v) is 3.70. The van der Waals surface area contributed by atoms with Crippen molar-refractivity contribution in [2.24, 2.45) is 0 Å². The number of carbonyl (C=O) groups excluding carboxylic acids is 2. The number of hydrogen-bond donors (Lipinski definition) is 1. The molecule has 1 aliphatic carbocycles. The molecule has 0 saturated heterocycles. The number of ether oxygens (including phenoxy) is 4. The van der Waals surface area contributed by atoms with Gasteiger partial charge in [0, 0.05) is 30.5 Å². The van der Waals surface area contributed by atoms with Crippen LogP contribution >= 0.6 is 0 Å². The molecule has 1 aliphatic heterocycles. The molecular weight excluding hydrogens is 386 g/mol. The van der Waals surface area contributed by atoms with Crippen molar-refractivity contribution in [3.63, 3.8) is 0 Å². The van der Waals surface area contributed by atoms with Crippen LogP contribution in [0, 0.1) is 0 Å². The second-order valence-corrected chi connectivity index (χ2v) is 7.74. The number of hydrogen-bond acceptors (Lipinski definition) is 6. The van der Waals surface area contributed by atoms with Crippen molar-refractivity contribution in [2.45, 2.75) is 44.9 Å². The highest BCUT2D eigenvalue weighted by atomic mass is 16.6. The highest BCUT2D eigenvalue weighted by Crippen LogP contribution is 2.51. The molecule has 0 atom stereocenters. The Kier molecular flexibility index (Phi) is 5.05. The highest BCUT2D eigenvalue weighted by molar-refractivity contribution is 6.01. The molecule has 4 rings (SSSR count). The molecule has 0 radical (unpaired) electrons. The quantitative estimate of drug-likeness (QED) is 0.703. The first-order valence-electron chi connectivity index (χ1n) is 9.95. The molecule has 7 nitrogen and oxygen atoms in total. The van der Waals surface area contributed by atoms with Crippen molar-refractivity contribution in [3.8, 4) is 28.4 Å². The third kappa shape index (κ3) is 3.34. The monoisotopic (exact) mass is 411 g/mol. The van der Waals surface area contributed by atoms with E-state index < -0.39 is 5.60 Å². The van der Waals surface area contributed by atoms with Crippen molar-refractivity contribution in [1.82, 2.24) is 5.32 Å². The van der Waals surface area contributed by atoms with Gasteiger partial charge in [0.25, 0.3) is 5.91 Å². The normalized spacial score (nSPS) is 16.0. The van der Waals surface area contributed by atoms with E-state index in [0.717, 1.165) is 16.7 Å². The summed E-state index contributed by atoms with van der Waals surface area (Å²) in [6.45, 7) is 4.05. The summed E-state index contributed by atoms with van der Waals surface area (Å²) in [7, 11) is 3.07. The Bertz CT molecular complexity index is 1010. The molecule has 2 aromatic rings. The fraction of sp³-hybridized carbons (Fsp3) is 0.391. The van der Waals surface area contributed by atoms with Crippen LogP contribution in [0.1, 0.15) is 42.6 Å². The lowest BCUT2D eigenvalue weighted by Crippen LogP contribution is -2.33. The van der Waals surface area contributed by atoms with Crippen molar-refractivity contribution >= 4 is 11.9 Å². The Morgan fingerprint density at radius 1 is 1.00 bits per heavy atom. The maximum absolute atomic E-state index is 12.7. The summed E-state index contributed by atoms with van der Waals surface area (Å²) in [5.41, 5.74) is 2.05. The summed E-state index contributed by atoms with van der Waals surface area (Å²) < 4.78 is 22.8. The van der Waals surface area contributed by atoms with Crippen LogP contribution in [0.25, 0.3) is 11.1 Å². The van der Waals surface area contributed by atoms with Crippen LogP contribution < -0.4 is 19.5 Å². The number of methoxy groups -OCH3 is 2. The van der Waals surface area contributed by atoms with Crippen LogP contribution in [-0.2, 0) is 16.1 Å². The number of fused-ring (bicyclic) bond motifs is 1. The molecule has 2 aromatic carbocycles. The molecule has 1 fully saturated rings. The Hall–Kier alpha value is -3.22. The van der Waals surface area contributed by atoms with Crippen molar-refractivity contribution < 1.29 is 28.5 Å². The smallest absolute Gasteiger partial charge is 0.350 e. The van der Waals surface area contributed by atoms with Crippen molar-refractivity contribution in [3.05, 3.63) is 41.5 Å². The van der Waals surface area contributed by atoms with E-state index in [-0.39, 0.29) is 18.0 Å². The van der Waals surface area contributed by atoms with Gasteiger partial charge in [-0.15, -0.1) is 0 Å².